The molecule has 8 heteroatoms. The third kappa shape index (κ3) is 5.68. The van der Waals surface area contributed by atoms with Crippen LogP contribution in [0.2, 0.25) is 0 Å². The lowest BCUT2D eigenvalue weighted by atomic mass is 10.2. The minimum Gasteiger partial charge on any atom is -0.493 e. The Morgan fingerprint density at radius 2 is 1.96 bits per heavy atom. The van der Waals surface area contributed by atoms with Crippen LogP contribution in [0.5, 0.6) is 11.5 Å². The zero-order chi connectivity index (χ0) is 18.2. The second-order valence-electron chi connectivity index (χ2n) is 4.93. The normalized spacial score (nSPS) is 10.8. The molecule has 5 nitrogen and oxygen atoms in total. The van der Waals surface area contributed by atoms with Gasteiger partial charge in [0.15, 0.2) is 16.6 Å². The fourth-order valence-corrected chi connectivity index (χ4v) is 2.15. The predicted octanol–water partition coefficient (Wildman–Crippen LogP) is 3.93. The average Bonchev–Trinajstić information content (AvgIpc) is 2.57. The summed E-state index contributed by atoms with van der Waals surface area (Å²) in [7, 11) is 1.37. The van der Waals surface area contributed by atoms with Crippen molar-refractivity contribution in [1.82, 2.24) is 5.43 Å². The molecule has 0 fully saturated rings. The van der Waals surface area contributed by atoms with Crippen LogP contribution in [0.1, 0.15) is 11.1 Å². The summed E-state index contributed by atoms with van der Waals surface area (Å²) in [6, 6.07) is 12.2. The van der Waals surface area contributed by atoms with Crippen molar-refractivity contribution in [3.05, 3.63) is 53.6 Å². The van der Waals surface area contributed by atoms with Gasteiger partial charge >= 0.3 is 6.61 Å². The molecule has 2 N–H and O–H groups in total. The van der Waals surface area contributed by atoms with Crippen molar-refractivity contribution in [2.45, 2.75) is 13.5 Å². The minimum atomic E-state index is -2.94. The topological polar surface area (TPSA) is 54.9 Å². The molecule has 0 saturated heterocycles. The minimum absolute atomic E-state index is 0.0675. The average molecular weight is 365 g/mol. The van der Waals surface area contributed by atoms with E-state index in [4.69, 9.17) is 17.0 Å². The van der Waals surface area contributed by atoms with Crippen molar-refractivity contribution in [2.24, 2.45) is 5.10 Å². The number of rotatable bonds is 6. The summed E-state index contributed by atoms with van der Waals surface area (Å²) < 4.78 is 34.2. The van der Waals surface area contributed by atoms with E-state index in [2.05, 4.69) is 20.6 Å². The lowest BCUT2D eigenvalue weighted by molar-refractivity contribution is -0.0512. The SMILES string of the molecule is COc1ccc(/C=N\NC(=S)Nc2ccccc2C)cc1OC(F)F. The number of aryl methyl sites for hydroxylation is 1. The first-order valence-electron chi connectivity index (χ1n) is 7.28. The molecule has 0 aliphatic rings. The molecule has 0 unspecified atom stereocenters. The molecular weight excluding hydrogens is 348 g/mol. The summed E-state index contributed by atoms with van der Waals surface area (Å²) in [5, 5.41) is 7.30. The second-order valence-corrected chi connectivity index (χ2v) is 5.34. The van der Waals surface area contributed by atoms with Gasteiger partial charge in [0.05, 0.1) is 13.3 Å². The third-order valence-corrected chi connectivity index (χ3v) is 3.37. The van der Waals surface area contributed by atoms with Gasteiger partial charge in [0.1, 0.15) is 0 Å². The molecule has 0 spiro atoms. The van der Waals surface area contributed by atoms with Crippen molar-refractivity contribution in [3.63, 3.8) is 0 Å². The van der Waals surface area contributed by atoms with E-state index in [9.17, 15) is 8.78 Å². The Morgan fingerprint density at radius 3 is 2.64 bits per heavy atom. The van der Waals surface area contributed by atoms with Crippen LogP contribution in [-0.2, 0) is 0 Å². The number of hydrazone groups is 1. The number of nitrogens with one attached hydrogen (secondary N) is 2. The second kappa shape index (κ2) is 8.93. The molecule has 0 bridgehead atoms. The highest BCUT2D eigenvalue weighted by Gasteiger charge is 2.10. The molecule has 0 aliphatic heterocycles. The molecule has 0 aliphatic carbocycles. The van der Waals surface area contributed by atoms with E-state index in [1.807, 2.05) is 31.2 Å². The van der Waals surface area contributed by atoms with E-state index in [-0.39, 0.29) is 11.5 Å². The maximum Gasteiger partial charge on any atom is 0.387 e. The predicted molar refractivity (Wildman–Crippen MR) is 97.8 cm³/mol. The summed E-state index contributed by atoms with van der Waals surface area (Å²) in [6.45, 7) is -0.985. The van der Waals surface area contributed by atoms with Gasteiger partial charge in [-0.25, -0.2) is 0 Å². The first-order chi connectivity index (χ1) is 12.0. The van der Waals surface area contributed by atoms with Crippen LogP contribution in [0.3, 0.4) is 0 Å². The van der Waals surface area contributed by atoms with Crippen LogP contribution in [0, 0.1) is 6.92 Å². The van der Waals surface area contributed by atoms with E-state index in [0.29, 0.717) is 10.7 Å². The van der Waals surface area contributed by atoms with Crippen LogP contribution in [0.15, 0.2) is 47.6 Å². The number of ether oxygens (including phenoxy) is 2. The summed E-state index contributed by atoms with van der Waals surface area (Å²) in [4.78, 5) is 0. The summed E-state index contributed by atoms with van der Waals surface area (Å²) in [5.74, 6) is 0.143. The van der Waals surface area contributed by atoms with Gasteiger partial charge in [-0.15, -0.1) is 0 Å². The summed E-state index contributed by atoms with van der Waals surface area (Å²) in [5.41, 5.74) is 5.12. The molecule has 0 heterocycles. The van der Waals surface area contributed by atoms with Gasteiger partial charge < -0.3 is 14.8 Å². The molecule has 0 aromatic heterocycles. The van der Waals surface area contributed by atoms with Gasteiger partial charge in [-0.3, -0.25) is 5.43 Å². The first-order valence-corrected chi connectivity index (χ1v) is 7.69. The summed E-state index contributed by atoms with van der Waals surface area (Å²) in [6.07, 6.45) is 1.43. The van der Waals surface area contributed by atoms with Crippen LogP contribution in [0.25, 0.3) is 0 Å². The van der Waals surface area contributed by atoms with Crippen molar-refractivity contribution in [1.29, 1.82) is 0 Å². The molecule has 0 saturated carbocycles. The Balaban J connectivity index is 1.99. The molecule has 0 atom stereocenters. The zero-order valence-electron chi connectivity index (χ0n) is 13.6. The summed E-state index contributed by atoms with van der Waals surface area (Å²) >= 11 is 5.15. The van der Waals surface area contributed by atoms with Crippen molar-refractivity contribution < 1.29 is 18.3 Å². The van der Waals surface area contributed by atoms with Crippen LogP contribution < -0.4 is 20.2 Å². The largest absolute Gasteiger partial charge is 0.493 e. The van der Waals surface area contributed by atoms with Gasteiger partial charge in [0, 0.05) is 5.69 Å². The number of anilines is 1. The molecule has 2 aromatic carbocycles. The number of alkyl halides is 2. The number of thiocarbonyl (C=S) groups is 1. The third-order valence-electron chi connectivity index (χ3n) is 3.18. The smallest absolute Gasteiger partial charge is 0.387 e. The Kier molecular flexibility index (Phi) is 6.64. The van der Waals surface area contributed by atoms with Crippen LogP contribution in [0.4, 0.5) is 14.5 Å². The first kappa shape index (κ1) is 18.6. The number of methoxy groups -OCH3 is 1. The van der Waals surface area contributed by atoms with Gasteiger partial charge in [-0.1, -0.05) is 18.2 Å². The monoisotopic (exact) mass is 365 g/mol. The van der Waals surface area contributed by atoms with Gasteiger partial charge in [0.2, 0.25) is 0 Å². The van der Waals surface area contributed by atoms with E-state index in [0.717, 1.165) is 11.3 Å². The van der Waals surface area contributed by atoms with Crippen molar-refractivity contribution in [2.75, 3.05) is 12.4 Å². The molecule has 25 heavy (non-hydrogen) atoms. The Hall–Kier alpha value is -2.74. The Bertz CT molecular complexity index is 769. The van der Waals surface area contributed by atoms with Gasteiger partial charge in [-0.2, -0.15) is 13.9 Å². The molecular formula is C17H17F2N3O2S. The highest BCUT2D eigenvalue weighted by Crippen LogP contribution is 2.28. The number of para-hydroxylation sites is 1. The van der Waals surface area contributed by atoms with Gasteiger partial charge in [-0.05, 0) is 54.5 Å². The maximum absolute atomic E-state index is 12.4. The number of benzene rings is 2. The van der Waals surface area contributed by atoms with Crippen LogP contribution in [-0.4, -0.2) is 25.0 Å². The Labute approximate surface area is 149 Å². The lowest BCUT2D eigenvalue weighted by Crippen LogP contribution is -2.24. The van der Waals surface area contributed by atoms with E-state index >= 15 is 0 Å². The van der Waals surface area contributed by atoms with Crippen molar-refractivity contribution in [3.8, 4) is 11.5 Å². The molecule has 0 radical (unpaired) electrons. The molecule has 2 rings (SSSR count). The standard InChI is InChI=1S/C17H17F2N3O2S/c1-11-5-3-4-6-13(11)21-17(25)22-20-10-12-7-8-14(23-2)15(9-12)24-16(18)19/h3-10,16H,1-2H3,(H2,21,22,25)/b20-10-. The molecule has 132 valence electrons. The van der Waals surface area contributed by atoms with Crippen molar-refractivity contribution >= 4 is 29.2 Å². The highest BCUT2D eigenvalue weighted by atomic mass is 32.1. The molecule has 0 amide bonds. The highest BCUT2D eigenvalue weighted by molar-refractivity contribution is 7.80. The van der Waals surface area contributed by atoms with Gasteiger partial charge in [0.25, 0.3) is 0 Å². The van der Waals surface area contributed by atoms with E-state index in [1.165, 1.54) is 25.5 Å². The Morgan fingerprint density at radius 1 is 1.20 bits per heavy atom. The fraction of sp³-hybridized carbons (Fsp3) is 0.176. The number of halogens is 2. The zero-order valence-corrected chi connectivity index (χ0v) is 14.4. The number of nitrogens with zero attached hydrogens (tertiary/aromatic N) is 1. The van der Waals surface area contributed by atoms with E-state index in [1.54, 1.807) is 6.07 Å². The number of hydrogen-bond donors (Lipinski definition) is 2. The van der Waals surface area contributed by atoms with E-state index < -0.39 is 6.61 Å². The molecule has 2 aromatic rings. The fourth-order valence-electron chi connectivity index (χ4n) is 1.99. The lowest BCUT2D eigenvalue weighted by Gasteiger charge is -2.10. The van der Waals surface area contributed by atoms with Crippen LogP contribution >= 0.6 is 12.2 Å². The maximum atomic E-state index is 12.4. The quantitative estimate of drug-likeness (QED) is 0.462. The number of hydrogen-bond acceptors (Lipinski definition) is 4.